The van der Waals surface area contributed by atoms with E-state index in [0.29, 0.717) is 11.3 Å². The number of hydrogen-bond donors (Lipinski definition) is 1. The van der Waals surface area contributed by atoms with Crippen molar-refractivity contribution in [2.45, 2.75) is 6.61 Å². The summed E-state index contributed by atoms with van der Waals surface area (Å²) in [6, 6.07) is 8.93. The van der Waals surface area contributed by atoms with Crippen LogP contribution in [0.4, 0.5) is 5.69 Å². The van der Waals surface area contributed by atoms with Gasteiger partial charge in [0.05, 0.1) is 5.56 Å². The molecule has 0 fully saturated rings. The molecule has 0 spiro atoms. The summed E-state index contributed by atoms with van der Waals surface area (Å²) >= 11 is 4.84. The normalized spacial score (nSPS) is 10.2. The predicted molar refractivity (Wildman–Crippen MR) is 72.0 cm³/mol. The van der Waals surface area contributed by atoms with Gasteiger partial charge in [0, 0.05) is 15.0 Å². The molecule has 0 unspecified atom stereocenters. The van der Waals surface area contributed by atoms with Crippen LogP contribution in [0.1, 0.15) is 15.2 Å². The van der Waals surface area contributed by atoms with Gasteiger partial charge in [0.1, 0.15) is 6.61 Å². The first-order chi connectivity index (χ1) is 8.16. The molecule has 1 aromatic carbocycles. The molecule has 0 bridgehead atoms. The Balaban J connectivity index is 2.04. The lowest BCUT2D eigenvalue weighted by Crippen LogP contribution is -2.07. The molecule has 0 aliphatic carbocycles. The zero-order chi connectivity index (χ0) is 12.3. The molecule has 0 saturated heterocycles. The average molecular weight is 312 g/mol. The van der Waals surface area contributed by atoms with Gasteiger partial charge in [-0.05, 0) is 29.6 Å². The van der Waals surface area contributed by atoms with Crippen molar-refractivity contribution in [1.82, 2.24) is 0 Å². The van der Waals surface area contributed by atoms with Crippen molar-refractivity contribution in [1.29, 1.82) is 0 Å². The summed E-state index contributed by atoms with van der Waals surface area (Å²) in [7, 11) is 0. The first kappa shape index (κ1) is 12.1. The predicted octanol–water partition coefficient (Wildman–Crippen LogP) is 3.45. The summed E-state index contributed by atoms with van der Waals surface area (Å²) in [5.74, 6) is -0.400. The number of thiophene rings is 1. The van der Waals surface area contributed by atoms with Gasteiger partial charge in [-0.2, -0.15) is 0 Å². The zero-order valence-electron chi connectivity index (χ0n) is 8.85. The molecule has 0 atom stereocenters. The third-order valence-corrected chi connectivity index (χ3v) is 3.50. The molecular formula is C12H10BrNO2S. The van der Waals surface area contributed by atoms with Crippen LogP contribution in [0, 0.1) is 0 Å². The number of esters is 1. The van der Waals surface area contributed by atoms with E-state index in [0.717, 1.165) is 9.35 Å². The minimum Gasteiger partial charge on any atom is -0.456 e. The van der Waals surface area contributed by atoms with Crippen LogP contribution in [0.2, 0.25) is 0 Å². The Labute approximate surface area is 111 Å². The smallest absolute Gasteiger partial charge is 0.340 e. The number of nitrogens with two attached hydrogens (primary N) is 1. The van der Waals surface area contributed by atoms with Gasteiger partial charge in [-0.3, -0.25) is 0 Å². The van der Waals surface area contributed by atoms with Crippen molar-refractivity contribution in [2.24, 2.45) is 0 Å². The Hall–Kier alpha value is -1.33. The number of hydrogen-bond acceptors (Lipinski definition) is 4. The van der Waals surface area contributed by atoms with Gasteiger partial charge in [-0.1, -0.05) is 22.0 Å². The van der Waals surface area contributed by atoms with Crippen molar-refractivity contribution in [3.8, 4) is 0 Å². The molecule has 5 heteroatoms. The fourth-order valence-corrected chi connectivity index (χ4v) is 2.32. The highest BCUT2D eigenvalue weighted by Crippen LogP contribution is 2.20. The SMILES string of the molecule is Nc1cc(Br)ccc1C(=O)OCc1cccs1. The van der Waals surface area contributed by atoms with E-state index in [4.69, 9.17) is 10.5 Å². The summed E-state index contributed by atoms with van der Waals surface area (Å²) in [5, 5.41) is 1.94. The molecule has 88 valence electrons. The van der Waals surface area contributed by atoms with Gasteiger partial charge >= 0.3 is 5.97 Å². The lowest BCUT2D eigenvalue weighted by Gasteiger charge is -2.06. The Bertz CT molecular complexity index is 525. The fraction of sp³-hybridized carbons (Fsp3) is 0.0833. The van der Waals surface area contributed by atoms with E-state index in [1.807, 2.05) is 17.5 Å². The Kier molecular flexibility index (Phi) is 3.81. The molecule has 0 radical (unpaired) electrons. The van der Waals surface area contributed by atoms with Crippen molar-refractivity contribution in [2.75, 3.05) is 5.73 Å². The summed E-state index contributed by atoms with van der Waals surface area (Å²) < 4.78 is 6.01. The molecule has 0 amide bonds. The Morgan fingerprint density at radius 3 is 2.88 bits per heavy atom. The third kappa shape index (κ3) is 3.08. The molecule has 1 heterocycles. The third-order valence-electron chi connectivity index (χ3n) is 2.16. The van der Waals surface area contributed by atoms with Crippen LogP contribution in [-0.2, 0) is 11.3 Å². The van der Waals surface area contributed by atoms with Crippen molar-refractivity contribution < 1.29 is 9.53 Å². The Morgan fingerprint density at radius 1 is 1.41 bits per heavy atom. The first-order valence-corrected chi connectivity index (χ1v) is 6.58. The maximum absolute atomic E-state index is 11.8. The van der Waals surface area contributed by atoms with Crippen LogP contribution in [0.3, 0.4) is 0 Å². The van der Waals surface area contributed by atoms with E-state index in [9.17, 15) is 4.79 Å². The summed E-state index contributed by atoms with van der Waals surface area (Å²) in [4.78, 5) is 12.8. The van der Waals surface area contributed by atoms with Crippen molar-refractivity contribution >= 4 is 38.9 Å². The number of nitrogen functional groups attached to an aromatic ring is 1. The van der Waals surface area contributed by atoms with E-state index in [-0.39, 0.29) is 6.61 Å². The average Bonchev–Trinajstić information content (AvgIpc) is 2.78. The monoisotopic (exact) mass is 311 g/mol. The molecule has 1 aromatic heterocycles. The van der Waals surface area contributed by atoms with Crippen LogP contribution in [0.25, 0.3) is 0 Å². The van der Waals surface area contributed by atoms with Gasteiger partial charge in [0.2, 0.25) is 0 Å². The minimum absolute atomic E-state index is 0.284. The molecule has 0 aliphatic heterocycles. The molecule has 0 aliphatic rings. The highest BCUT2D eigenvalue weighted by atomic mass is 79.9. The van der Waals surface area contributed by atoms with Gasteiger partial charge in [0.25, 0.3) is 0 Å². The topological polar surface area (TPSA) is 52.3 Å². The van der Waals surface area contributed by atoms with Crippen molar-refractivity contribution in [3.63, 3.8) is 0 Å². The molecule has 2 N–H and O–H groups in total. The number of halogens is 1. The molecule has 17 heavy (non-hydrogen) atoms. The van der Waals surface area contributed by atoms with E-state index < -0.39 is 5.97 Å². The summed E-state index contributed by atoms with van der Waals surface area (Å²) in [6.07, 6.45) is 0. The first-order valence-electron chi connectivity index (χ1n) is 4.91. The quantitative estimate of drug-likeness (QED) is 0.697. The highest BCUT2D eigenvalue weighted by molar-refractivity contribution is 9.10. The van der Waals surface area contributed by atoms with E-state index in [2.05, 4.69) is 15.9 Å². The maximum Gasteiger partial charge on any atom is 0.340 e. The minimum atomic E-state index is -0.400. The number of benzene rings is 1. The number of anilines is 1. The number of carbonyl (C=O) groups is 1. The molecule has 2 aromatic rings. The largest absolute Gasteiger partial charge is 0.456 e. The van der Waals surface area contributed by atoms with Crippen LogP contribution < -0.4 is 5.73 Å². The maximum atomic E-state index is 11.8. The Morgan fingerprint density at radius 2 is 2.24 bits per heavy atom. The number of ether oxygens (including phenoxy) is 1. The summed E-state index contributed by atoms with van der Waals surface area (Å²) in [6.45, 7) is 0.284. The lowest BCUT2D eigenvalue weighted by atomic mass is 10.2. The lowest BCUT2D eigenvalue weighted by molar-refractivity contribution is 0.0478. The van der Waals surface area contributed by atoms with Crippen LogP contribution >= 0.6 is 27.3 Å². The second-order valence-electron chi connectivity index (χ2n) is 3.39. The van der Waals surface area contributed by atoms with E-state index in [1.54, 1.807) is 29.5 Å². The molecule has 2 rings (SSSR count). The molecular weight excluding hydrogens is 302 g/mol. The van der Waals surface area contributed by atoms with Crippen LogP contribution in [0.15, 0.2) is 40.2 Å². The fourth-order valence-electron chi connectivity index (χ4n) is 1.33. The standard InChI is InChI=1S/C12H10BrNO2S/c13-8-3-4-10(11(14)6-8)12(15)16-7-9-2-1-5-17-9/h1-6H,7,14H2. The van der Waals surface area contributed by atoms with E-state index >= 15 is 0 Å². The second-order valence-corrected chi connectivity index (χ2v) is 5.33. The van der Waals surface area contributed by atoms with Crippen LogP contribution in [0.5, 0.6) is 0 Å². The van der Waals surface area contributed by atoms with Crippen molar-refractivity contribution in [3.05, 3.63) is 50.6 Å². The molecule has 3 nitrogen and oxygen atoms in total. The second kappa shape index (κ2) is 5.33. The van der Waals surface area contributed by atoms with Crippen LogP contribution in [-0.4, -0.2) is 5.97 Å². The highest BCUT2D eigenvalue weighted by Gasteiger charge is 2.11. The van der Waals surface area contributed by atoms with E-state index in [1.165, 1.54) is 0 Å². The van der Waals surface area contributed by atoms with Gasteiger partial charge in [0.15, 0.2) is 0 Å². The summed E-state index contributed by atoms with van der Waals surface area (Å²) in [5.41, 5.74) is 6.55. The number of rotatable bonds is 3. The zero-order valence-corrected chi connectivity index (χ0v) is 11.3. The van der Waals surface area contributed by atoms with Gasteiger partial charge < -0.3 is 10.5 Å². The van der Waals surface area contributed by atoms with Gasteiger partial charge in [-0.25, -0.2) is 4.79 Å². The van der Waals surface area contributed by atoms with Gasteiger partial charge in [-0.15, -0.1) is 11.3 Å². The number of carbonyl (C=O) groups excluding carboxylic acids is 1. The molecule has 0 saturated carbocycles.